The van der Waals surface area contributed by atoms with Crippen molar-refractivity contribution in [2.45, 2.75) is 32.2 Å². The van der Waals surface area contributed by atoms with Crippen LogP contribution >= 0.6 is 0 Å². The number of benzene rings is 3. The van der Waals surface area contributed by atoms with E-state index >= 15 is 0 Å². The zero-order valence-corrected chi connectivity index (χ0v) is 23.8. The Bertz CT molecular complexity index is 1500. The molecule has 1 N–H and O–H groups in total. The van der Waals surface area contributed by atoms with Gasteiger partial charge in [0.05, 0.1) is 31.4 Å². The first-order chi connectivity index (χ1) is 18.9. The van der Waals surface area contributed by atoms with Gasteiger partial charge in [0.25, 0.3) is 11.7 Å². The zero-order chi connectivity index (χ0) is 29.4. The molecular formula is C32H34N2O6. The van der Waals surface area contributed by atoms with Gasteiger partial charge in [-0.15, -0.1) is 0 Å². The summed E-state index contributed by atoms with van der Waals surface area (Å²) in [5.41, 5.74) is 2.98. The molecule has 1 heterocycles. The van der Waals surface area contributed by atoms with Crippen molar-refractivity contribution in [2.75, 3.05) is 38.1 Å². The minimum absolute atomic E-state index is 0.0453. The summed E-state index contributed by atoms with van der Waals surface area (Å²) in [4.78, 5) is 42.7. The largest absolute Gasteiger partial charge is 0.507 e. The first kappa shape index (κ1) is 28.4. The molecular weight excluding hydrogens is 508 g/mol. The van der Waals surface area contributed by atoms with Crippen LogP contribution < -0.4 is 14.5 Å². The number of ether oxygens (including phenoxy) is 2. The van der Waals surface area contributed by atoms with Crippen LogP contribution in [0, 0.1) is 0 Å². The lowest BCUT2D eigenvalue weighted by atomic mass is 9.84. The van der Waals surface area contributed by atoms with E-state index < -0.39 is 23.7 Å². The van der Waals surface area contributed by atoms with E-state index in [4.69, 9.17) is 9.47 Å². The number of carbonyl (C=O) groups is 3. The Morgan fingerprint density at radius 2 is 1.60 bits per heavy atom. The predicted octanol–water partition coefficient (Wildman–Crippen LogP) is 5.47. The molecule has 0 aromatic heterocycles. The molecule has 0 saturated carbocycles. The summed E-state index contributed by atoms with van der Waals surface area (Å²) in [5.74, 6) is -1.84. The number of aliphatic hydroxyl groups is 1. The number of Topliss-reactive ketones (excluding diaryl/α,β-unsaturated/α-hetero) is 1. The quantitative estimate of drug-likeness (QED) is 0.191. The van der Waals surface area contributed by atoms with Gasteiger partial charge in [0.1, 0.15) is 11.5 Å². The van der Waals surface area contributed by atoms with Gasteiger partial charge in [-0.3, -0.25) is 14.5 Å². The average molecular weight is 543 g/mol. The lowest BCUT2D eigenvalue weighted by Gasteiger charge is -2.26. The fourth-order valence-electron chi connectivity index (χ4n) is 4.87. The number of ketones is 1. The minimum Gasteiger partial charge on any atom is -0.507 e. The van der Waals surface area contributed by atoms with Crippen molar-refractivity contribution < 1.29 is 29.0 Å². The number of hydrogen-bond acceptors (Lipinski definition) is 7. The fraction of sp³-hybridized carbons (Fsp3) is 0.281. The fourth-order valence-corrected chi connectivity index (χ4v) is 4.87. The molecule has 0 bridgehead atoms. The molecule has 0 spiro atoms. The monoisotopic (exact) mass is 542 g/mol. The molecule has 1 aliphatic rings. The molecule has 208 valence electrons. The van der Waals surface area contributed by atoms with E-state index in [1.54, 1.807) is 43.5 Å². The van der Waals surface area contributed by atoms with Gasteiger partial charge in [0.2, 0.25) is 0 Å². The Kier molecular flexibility index (Phi) is 7.73. The molecule has 8 nitrogen and oxygen atoms in total. The van der Waals surface area contributed by atoms with Crippen LogP contribution in [0.1, 0.15) is 53.9 Å². The molecule has 1 saturated heterocycles. The maximum atomic E-state index is 13.6. The number of nitrogens with zero attached hydrogens (tertiary/aromatic N) is 2. The van der Waals surface area contributed by atoms with E-state index in [1.807, 2.05) is 64.0 Å². The number of amides is 1. The van der Waals surface area contributed by atoms with Crippen LogP contribution in [0.25, 0.3) is 5.76 Å². The number of methoxy groups -OCH3 is 2. The van der Waals surface area contributed by atoms with Crippen molar-refractivity contribution in [1.29, 1.82) is 0 Å². The summed E-state index contributed by atoms with van der Waals surface area (Å²) in [5, 5.41) is 11.6. The number of rotatable bonds is 6. The van der Waals surface area contributed by atoms with Gasteiger partial charge in [0.15, 0.2) is 0 Å². The average Bonchev–Trinajstić information content (AvgIpc) is 3.21. The number of carbonyl (C=O) groups excluding carboxylic acids is 3. The number of aliphatic hydroxyl groups excluding tert-OH is 1. The summed E-state index contributed by atoms with van der Waals surface area (Å²) in [6.45, 7) is 6.07. The Morgan fingerprint density at radius 1 is 0.925 bits per heavy atom. The van der Waals surface area contributed by atoms with Crippen molar-refractivity contribution in [3.8, 4) is 5.75 Å². The van der Waals surface area contributed by atoms with E-state index in [0.717, 1.165) is 11.3 Å². The summed E-state index contributed by atoms with van der Waals surface area (Å²) in [6, 6.07) is 18.0. The van der Waals surface area contributed by atoms with Crippen LogP contribution in [-0.4, -0.2) is 51.1 Å². The van der Waals surface area contributed by atoms with Crippen LogP contribution in [0.15, 0.2) is 72.3 Å². The van der Waals surface area contributed by atoms with E-state index in [0.29, 0.717) is 22.6 Å². The van der Waals surface area contributed by atoms with Crippen molar-refractivity contribution in [3.63, 3.8) is 0 Å². The maximum absolute atomic E-state index is 13.6. The van der Waals surface area contributed by atoms with Gasteiger partial charge in [-0.2, -0.15) is 0 Å². The summed E-state index contributed by atoms with van der Waals surface area (Å²) in [7, 11) is 6.68. The predicted molar refractivity (Wildman–Crippen MR) is 155 cm³/mol. The number of anilines is 2. The molecule has 1 fully saturated rings. The van der Waals surface area contributed by atoms with Gasteiger partial charge in [0, 0.05) is 36.6 Å². The lowest BCUT2D eigenvalue weighted by Crippen LogP contribution is -2.29. The molecule has 3 aromatic rings. The molecule has 1 unspecified atom stereocenters. The normalized spacial score (nSPS) is 16.7. The molecule has 8 heteroatoms. The van der Waals surface area contributed by atoms with Crippen LogP contribution in [0.3, 0.4) is 0 Å². The highest BCUT2D eigenvalue weighted by molar-refractivity contribution is 6.51. The van der Waals surface area contributed by atoms with Gasteiger partial charge >= 0.3 is 5.97 Å². The van der Waals surface area contributed by atoms with Crippen LogP contribution in [0.5, 0.6) is 5.75 Å². The third-order valence-corrected chi connectivity index (χ3v) is 7.00. The van der Waals surface area contributed by atoms with Gasteiger partial charge in [-0.1, -0.05) is 39.0 Å². The second-order valence-electron chi connectivity index (χ2n) is 10.9. The van der Waals surface area contributed by atoms with E-state index in [-0.39, 0.29) is 22.3 Å². The Labute approximate surface area is 234 Å². The standard InChI is InChI=1S/C32H34N2O6/c1-32(2,3)24-18-20(13-16-25(24)39-6)28(35)26-27(19-11-14-22(15-12-19)33(4)5)34(30(37)29(26)36)23-10-8-9-21(17-23)31(38)40-7/h8-18,27,35H,1-7H3/b28-26-. The molecule has 4 rings (SSSR count). The minimum atomic E-state index is -0.940. The van der Waals surface area contributed by atoms with Gasteiger partial charge in [-0.25, -0.2) is 4.79 Å². The first-order valence-electron chi connectivity index (χ1n) is 12.8. The zero-order valence-electron chi connectivity index (χ0n) is 23.8. The van der Waals surface area contributed by atoms with E-state index in [9.17, 15) is 19.5 Å². The lowest BCUT2D eigenvalue weighted by molar-refractivity contribution is -0.132. The van der Waals surface area contributed by atoms with E-state index in [2.05, 4.69) is 0 Å². The highest BCUT2D eigenvalue weighted by Crippen LogP contribution is 2.43. The van der Waals surface area contributed by atoms with Crippen molar-refractivity contribution in [2.24, 2.45) is 0 Å². The van der Waals surface area contributed by atoms with Crippen LogP contribution in [0.2, 0.25) is 0 Å². The summed E-state index contributed by atoms with van der Waals surface area (Å²) in [6.07, 6.45) is 0. The van der Waals surface area contributed by atoms with Gasteiger partial charge < -0.3 is 19.5 Å². The molecule has 0 aliphatic carbocycles. The van der Waals surface area contributed by atoms with Crippen LogP contribution in [-0.2, 0) is 19.7 Å². The van der Waals surface area contributed by atoms with Gasteiger partial charge in [-0.05, 0) is 59.5 Å². The highest BCUT2D eigenvalue weighted by atomic mass is 16.5. The molecule has 0 radical (unpaired) electrons. The molecule has 3 aromatic carbocycles. The number of hydrogen-bond donors (Lipinski definition) is 1. The molecule has 1 amide bonds. The summed E-state index contributed by atoms with van der Waals surface area (Å²) >= 11 is 0. The highest BCUT2D eigenvalue weighted by Gasteiger charge is 2.47. The van der Waals surface area contributed by atoms with Crippen molar-refractivity contribution >= 4 is 34.8 Å². The summed E-state index contributed by atoms with van der Waals surface area (Å²) < 4.78 is 10.4. The molecule has 1 atom stereocenters. The molecule has 40 heavy (non-hydrogen) atoms. The second-order valence-corrected chi connectivity index (χ2v) is 10.9. The Morgan fingerprint density at radius 3 is 2.17 bits per heavy atom. The SMILES string of the molecule is COC(=O)c1cccc(N2C(=O)C(=O)/C(=C(\O)c3ccc(OC)c(C(C)(C)C)c3)C2c2ccc(N(C)C)cc2)c1. The Balaban J connectivity index is 1.96. The Hall–Kier alpha value is -4.59. The van der Waals surface area contributed by atoms with E-state index in [1.165, 1.54) is 18.1 Å². The molecule has 1 aliphatic heterocycles. The maximum Gasteiger partial charge on any atom is 0.337 e. The first-order valence-corrected chi connectivity index (χ1v) is 12.8. The third-order valence-electron chi connectivity index (χ3n) is 7.00. The van der Waals surface area contributed by atoms with Crippen molar-refractivity contribution in [3.05, 3.63) is 94.6 Å². The number of esters is 1. The smallest absolute Gasteiger partial charge is 0.337 e. The van der Waals surface area contributed by atoms with Crippen molar-refractivity contribution in [1.82, 2.24) is 0 Å². The third kappa shape index (κ3) is 5.17. The second kappa shape index (κ2) is 10.9. The van der Waals surface area contributed by atoms with Crippen LogP contribution in [0.4, 0.5) is 11.4 Å². The topological polar surface area (TPSA) is 96.4 Å².